The Morgan fingerprint density at radius 3 is 2.53 bits per heavy atom. The highest BCUT2D eigenvalue weighted by atomic mass is 32.1. The molecule has 2 aliphatic heterocycles. The Hall–Kier alpha value is -4.20. The molecule has 12 nitrogen and oxygen atoms in total. The van der Waals surface area contributed by atoms with Crippen molar-refractivity contribution in [1.29, 1.82) is 0 Å². The van der Waals surface area contributed by atoms with E-state index in [-0.39, 0.29) is 50.6 Å². The minimum atomic E-state index is -0.385. The first-order valence-corrected chi connectivity index (χ1v) is 14.8. The van der Waals surface area contributed by atoms with Gasteiger partial charge in [-0.25, -0.2) is 4.98 Å². The molecule has 3 aromatic rings. The fourth-order valence-corrected chi connectivity index (χ4v) is 5.59. The number of carbonyl (C=O) groups is 3. The standard InChI is InChI=1S/C30H35N5O7S/c1-39-14-13-35(29(38)22-4-6-24(40-2)7-5-22)18-27(36)32-30-31-23(19-43-30)16-28(37)34-11-9-33(10-12-34)17-21-3-8-25-26(15-21)42-20-41-25/h3-8,15,19H,9-14,16-18,20H2,1-2H3,(H,31,32,36). The van der Waals surface area contributed by atoms with Crippen LogP contribution in [-0.2, 0) is 27.3 Å². The first kappa shape index (κ1) is 30.3. The van der Waals surface area contributed by atoms with Gasteiger partial charge in [-0.3, -0.25) is 19.3 Å². The minimum absolute atomic E-state index is 0.00161. The van der Waals surface area contributed by atoms with Crippen LogP contribution in [0.4, 0.5) is 5.13 Å². The van der Waals surface area contributed by atoms with Crippen LogP contribution in [0, 0.1) is 0 Å². The lowest BCUT2D eigenvalue weighted by atomic mass is 10.1. The number of nitrogens with one attached hydrogen (secondary N) is 1. The molecule has 0 aliphatic carbocycles. The summed E-state index contributed by atoms with van der Waals surface area (Å²) in [5.74, 6) is 1.50. The number of carbonyl (C=O) groups excluding carboxylic acids is 3. The predicted molar refractivity (Wildman–Crippen MR) is 160 cm³/mol. The molecule has 228 valence electrons. The van der Waals surface area contributed by atoms with Gasteiger partial charge in [-0.2, -0.15) is 0 Å². The van der Waals surface area contributed by atoms with E-state index in [4.69, 9.17) is 18.9 Å². The Kier molecular flexibility index (Phi) is 10.1. The molecule has 1 aromatic heterocycles. The second kappa shape index (κ2) is 14.3. The highest BCUT2D eigenvalue weighted by Crippen LogP contribution is 2.33. The van der Waals surface area contributed by atoms with Gasteiger partial charge in [-0.1, -0.05) is 6.07 Å². The number of aromatic nitrogens is 1. The maximum atomic E-state index is 13.0. The van der Waals surface area contributed by atoms with Gasteiger partial charge in [-0.05, 0) is 42.0 Å². The summed E-state index contributed by atoms with van der Waals surface area (Å²) >= 11 is 1.25. The van der Waals surface area contributed by atoms with E-state index in [1.807, 2.05) is 23.1 Å². The maximum absolute atomic E-state index is 13.0. The van der Waals surface area contributed by atoms with Crippen LogP contribution in [0.1, 0.15) is 21.6 Å². The van der Waals surface area contributed by atoms with Crippen LogP contribution < -0.4 is 19.5 Å². The molecule has 0 radical (unpaired) electrons. The lowest BCUT2D eigenvalue weighted by Gasteiger charge is -2.34. The second-order valence-electron chi connectivity index (χ2n) is 10.2. The number of thiazole rings is 1. The quantitative estimate of drug-likeness (QED) is 0.330. The van der Waals surface area contributed by atoms with Crippen molar-refractivity contribution in [1.82, 2.24) is 19.7 Å². The number of rotatable bonds is 12. The van der Waals surface area contributed by atoms with E-state index in [0.29, 0.717) is 35.2 Å². The maximum Gasteiger partial charge on any atom is 0.254 e. The molecule has 0 saturated carbocycles. The molecule has 1 saturated heterocycles. The SMILES string of the molecule is COCCN(CC(=O)Nc1nc(CC(=O)N2CCN(Cc3ccc4c(c3)OCO4)CC2)cs1)C(=O)c1ccc(OC)cc1. The van der Waals surface area contributed by atoms with E-state index in [0.717, 1.165) is 36.7 Å². The number of nitrogens with zero attached hydrogens (tertiary/aromatic N) is 4. The van der Waals surface area contributed by atoms with Crippen LogP contribution >= 0.6 is 11.3 Å². The Bertz CT molecular complexity index is 1420. The molecule has 3 amide bonds. The number of hydrogen-bond acceptors (Lipinski definition) is 10. The molecular weight excluding hydrogens is 574 g/mol. The number of methoxy groups -OCH3 is 2. The third-order valence-electron chi connectivity index (χ3n) is 7.22. The van der Waals surface area contributed by atoms with E-state index >= 15 is 0 Å². The van der Waals surface area contributed by atoms with E-state index in [1.54, 1.807) is 36.8 Å². The minimum Gasteiger partial charge on any atom is -0.497 e. The Balaban J connectivity index is 1.08. The summed E-state index contributed by atoms with van der Waals surface area (Å²) in [6, 6.07) is 12.7. The number of anilines is 1. The molecule has 1 N–H and O–H groups in total. The topological polar surface area (TPSA) is 123 Å². The van der Waals surface area contributed by atoms with E-state index in [1.165, 1.54) is 23.3 Å². The van der Waals surface area contributed by atoms with Crippen molar-refractivity contribution in [2.45, 2.75) is 13.0 Å². The molecule has 0 spiro atoms. The number of fused-ring (bicyclic) bond motifs is 1. The summed E-state index contributed by atoms with van der Waals surface area (Å²) in [5.41, 5.74) is 2.18. The van der Waals surface area contributed by atoms with Crippen molar-refractivity contribution in [3.05, 3.63) is 64.7 Å². The van der Waals surface area contributed by atoms with Crippen LogP contribution in [0.25, 0.3) is 0 Å². The van der Waals surface area contributed by atoms with Crippen molar-refractivity contribution in [3.63, 3.8) is 0 Å². The van der Waals surface area contributed by atoms with Gasteiger partial charge >= 0.3 is 0 Å². The van der Waals surface area contributed by atoms with Crippen molar-refractivity contribution >= 4 is 34.2 Å². The molecule has 2 aromatic carbocycles. The third kappa shape index (κ3) is 8.00. The number of amides is 3. The van der Waals surface area contributed by atoms with Crippen molar-refractivity contribution in [2.75, 3.05) is 72.2 Å². The van der Waals surface area contributed by atoms with Crippen LogP contribution in [0.2, 0.25) is 0 Å². The zero-order valence-electron chi connectivity index (χ0n) is 24.2. The van der Waals surface area contributed by atoms with Gasteiger partial charge in [0.25, 0.3) is 5.91 Å². The molecule has 0 bridgehead atoms. The average Bonchev–Trinajstić information content (AvgIpc) is 3.68. The lowest BCUT2D eigenvalue weighted by Crippen LogP contribution is -2.48. The van der Waals surface area contributed by atoms with Gasteiger partial charge in [0, 0.05) is 57.3 Å². The molecule has 0 atom stereocenters. The summed E-state index contributed by atoms with van der Waals surface area (Å²) in [6.07, 6.45) is 0.157. The molecule has 0 unspecified atom stereocenters. The smallest absolute Gasteiger partial charge is 0.254 e. The van der Waals surface area contributed by atoms with Crippen LogP contribution in [0.15, 0.2) is 47.8 Å². The van der Waals surface area contributed by atoms with E-state index in [9.17, 15) is 14.4 Å². The predicted octanol–water partition coefficient (Wildman–Crippen LogP) is 2.49. The van der Waals surface area contributed by atoms with Crippen molar-refractivity contribution < 1.29 is 33.3 Å². The van der Waals surface area contributed by atoms with Gasteiger partial charge in [0.2, 0.25) is 18.6 Å². The largest absolute Gasteiger partial charge is 0.497 e. The fraction of sp³-hybridized carbons (Fsp3) is 0.400. The van der Waals surface area contributed by atoms with Gasteiger partial charge in [0.1, 0.15) is 12.3 Å². The van der Waals surface area contributed by atoms with Gasteiger partial charge in [0.15, 0.2) is 16.6 Å². The monoisotopic (exact) mass is 609 g/mol. The Morgan fingerprint density at radius 1 is 1.02 bits per heavy atom. The molecule has 13 heteroatoms. The van der Waals surface area contributed by atoms with E-state index in [2.05, 4.69) is 15.2 Å². The first-order valence-electron chi connectivity index (χ1n) is 14.0. The second-order valence-corrected chi connectivity index (χ2v) is 11.0. The zero-order chi connectivity index (χ0) is 30.2. The fourth-order valence-electron chi connectivity index (χ4n) is 4.87. The van der Waals surface area contributed by atoms with Gasteiger partial charge in [-0.15, -0.1) is 11.3 Å². The van der Waals surface area contributed by atoms with Crippen molar-refractivity contribution in [2.24, 2.45) is 0 Å². The normalized spacial score (nSPS) is 14.4. The number of ether oxygens (including phenoxy) is 4. The molecule has 43 heavy (non-hydrogen) atoms. The van der Waals surface area contributed by atoms with Crippen molar-refractivity contribution in [3.8, 4) is 17.2 Å². The zero-order valence-corrected chi connectivity index (χ0v) is 25.1. The Labute approximate surface area is 254 Å². The number of benzene rings is 2. The van der Waals surface area contributed by atoms with Crippen LogP contribution in [0.5, 0.6) is 17.2 Å². The van der Waals surface area contributed by atoms with Crippen LogP contribution in [0.3, 0.4) is 0 Å². The van der Waals surface area contributed by atoms with E-state index < -0.39 is 0 Å². The molecule has 2 aliphatic rings. The molecule has 5 rings (SSSR count). The first-order chi connectivity index (χ1) is 20.9. The average molecular weight is 610 g/mol. The number of hydrogen-bond donors (Lipinski definition) is 1. The van der Waals surface area contributed by atoms with Gasteiger partial charge in [0.05, 0.1) is 25.8 Å². The highest BCUT2D eigenvalue weighted by molar-refractivity contribution is 7.13. The lowest BCUT2D eigenvalue weighted by molar-refractivity contribution is -0.132. The number of piperazine rings is 1. The summed E-state index contributed by atoms with van der Waals surface area (Å²) in [5, 5.41) is 4.91. The highest BCUT2D eigenvalue weighted by Gasteiger charge is 2.24. The molecule has 1 fully saturated rings. The molecule has 3 heterocycles. The summed E-state index contributed by atoms with van der Waals surface area (Å²) in [6.45, 7) is 4.21. The summed E-state index contributed by atoms with van der Waals surface area (Å²) in [7, 11) is 3.09. The summed E-state index contributed by atoms with van der Waals surface area (Å²) in [4.78, 5) is 48.9. The van der Waals surface area contributed by atoms with Gasteiger partial charge < -0.3 is 34.1 Å². The third-order valence-corrected chi connectivity index (χ3v) is 8.03. The van der Waals surface area contributed by atoms with Crippen LogP contribution in [-0.4, -0.2) is 104 Å². The molecular formula is C30H35N5O7S. The summed E-state index contributed by atoms with van der Waals surface area (Å²) < 4.78 is 21.1. The Morgan fingerprint density at radius 2 is 1.79 bits per heavy atom.